The van der Waals surface area contributed by atoms with E-state index < -0.39 is 0 Å². The van der Waals surface area contributed by atoms with Crippen LogP contribution in [0.3, 0.4) is 0 Å². The molecule has 1 saturated carbocycles. The van der Waals surface area contributed by atoms with Gasteiger partial charge in [0.05, 0.1) is 13.2 Å². The molecule has 0 saturated heterocycles. The van der Waals surface area contributed by atoms with Crippen molar-refractivity contribution in [2.75, 3.05) is 33.5 Å². The summed E-state index contributed by atoms with van der Waals surface area (Å²) in [5.74, 6) is 0.824. The van der Waals surface area contributed by atoms with Crippen LogP contribution in [0.25, 0.3) is 0 Å². The minimum absolute atomic E-state index is 0.420. The lowest BCUT2D eigenvalue weighted by Gasteiger charge is -2.21. The fourth-order valence-electron chi connectivity index (χ4n) is 2.29. The van der Waals surface area contributed by atoms with E-state index in [4.69, 9.17) is 9.47 Å². The quantitative estimate of drug-likeness (QED) is 0.647. The molecule has 0 aromatic heterocycles. The topological polar surface area (TPSA) is 30.5 Å². The van der Waals surface area contributed by atoms with Gasteiger partial charge in [0.25, 0.3) is 0 Å². The van der Waals surface area contributed by atoms with Gasteiger partial charge in [-0.25, -0.2) is 0 Å². The maximum absolute atomic E-state index is 5.70. The van der Waals surface area contributed by atoms with Gasteiger partial charge in [0.2, 0.25) is 0 Å². The van der Waals surface area contributed by atoms with Gasteiger partial charge in [-0.15, -0.1) is 0 Å². The molecule has 0 heterocycles. The molecule has 0 aromatic rings. The lowest BCUT2D eigenvalue weighted by atomic mass is 9.90. The van der Waals surface area contributed by atoms with E-state index >= 15 is 0 Å². The second-order valence-electron chi connectivity index (χ2n) is 4.89. The van der Waals surface area contributed by atoms with Crippen LogP contribution < -0.4 is 5.32 Å². The van der Waals surface area contributed by atoms with Crippen molar-refractivity contribution in [2.45, 2.75) is 45.1 Å². The molecule has 3 heteroatoms. The summed E-state index contributed by atoms with van der Waals surface area (Å²) in [6.07, 6.45) is 6.96. The first-order valence-electron chi connectivity index (χ1n) is 6.63. The average molecular weight is 229 g/mol. The highest BCUT2D eigenvalue weighted by Gasteiger charge is 2.12. The molecule has 16 heavy (non-hydrogen) atoms. The maximum atomic E-state index is 5.70. The van der Waals surface area contributed by atoms with Crippen LogP contribution in [0.4, 0.5) is 0 Å². The molecular weight excluding hydrogens is 202 g/mol. The molecule has 0 aliphatic heterocycles. The SMILES string of the molecule is COCC(C)NCCOCC1CCCCC1. The normalized spacial score (nSPS) is 19.9. The Bertz CT molecular complexity index is 158. The van der Waals surface area contributed by atoms with Crippen LogP contribution >= 0.6 is 0 Å². The van der Waals surface area contributed by atoms with Gasteiger partial charge in [-0.3, -0.25) is 0 Å². The smallest absolute Gasteiger partial charge is 0.0613 e. The van der Waals surface area contributed by atoms with Gasteiger partial charge in [0.1, 0.15) is 0 Å². The second kappa shape index (κ2) is 8.97. The van der Waals surface area contributed by atoms with Gasteiger partial charge >= 0.3 is 0 Å². The highest BCUT2D eigenvalue weighted by Crippen LogP contribution is 2.23. The molecule has 0 amide bonds. The van der Waals surface area contributed by atoms with Crippen molar-refractivity contribution in [3.63, 3.8) is 0 Å². The summed E-state index contributed by atoms with van der Waals surface area (Å²) in [4.78, 5) is 0. The van der Waals surface area contributed by atoms with E-state index in [-0.39, 0.29) is 0 Å². The van der Waals surface area contributed by atoms with E-state index in [1.807, 2.05) is 0 Å². The number of rotatable bonds is 8. The minimum Gasteiger partial charge on any atom is -0.383 e. The van der Waals surface area contributed by atoms with E-state index in [0.717, 1.165) is 32.3 Å². The zero-order valence-corrected chi connectivity index (χ0v) is 10.8. The summed E-state index contributed by atoms with van der Waals surface area (Å²) in [7, 11) is 1.73. The summed E-state index contributed by atoms with van der Waals surface area (Å²) in [5.41, 5.74) is 0. The van der Waals surface area contributed by atoms with Crippen LogP contribution in [0, 0.1) is 5.92 Å². The highest BCUT2D eigenvalue weighted by molar-refractivity contribution is 4.65. The van der Waals surface area contributed by atoms with E-state index in [2.05, 4.69) is 12.2 Å². The van der Waals surface area contributed by atoms with E-state index in [9.17, 15) is 0 Å². The number of methoxy groups -OCH3 is 1. The number of ether oxygens (including phenoxy) is 2. The first-order chi connectivity index (χ1) is 7.83. The molecule has 3 nitrogen and oxygen atoms in total. The van der Waals surface area contributed by atoms with Crippen LogP contribution in [0.2, 0.25) is 0 Å². The van der Waals surface area contributed by atoms with Crippen molar-refractivity contribution >= 4 is 0 Å². The Morgan fingerprint density at radius 3 is 2.69 bits per heavy atom. The second-order valence-corrected chi connectivity index (χ2v) is 4.89. The van der Waals surface area contributed by atoms with Gasteiger partial charge in [0, 0.05) is 26.3 Å². The highest BCUT2D eigenvalue weighted by atomic mass is 16.5. The largest absolute Gasteiger partial charge is 0.383 e. The standard InChI is InChI=1S/C13H27NO2/c1-12(10-15-2)14-8-9-16-11-13-6-4-3-5-7-13/h12-14H,3-11H2,1-2H3. The van der Waals surface area contributed by atoms with Crippen molar-refractivity contribution in [1.29, 1.82) is 0 Å². The van der Waals surface area contributed by atoms with Gasteiger partial charge < -0.3 is 14.8 Å². The summed E-state index contributed by atoms with van der Waals surface area (Å²) in [6.45, 7) is 5.61. The summed E-state index contributed by atoms with van der Waals surface area (Å²) < 4.78 is 10.8. The molecule has 0 bridgehead atoms. The minimum atomic E-state index is 0.420. The Hall–Kier alpha value is -0.120. The lowest BCUT2D eigenvalue weighted by molar-refractivity contribution is 0.0832. The van der Waals surface area contributed by atoms with Crippen LogP contribution in [0.5, 0.6) is 0 Å². The van der Waals surface area contributed by atoms with E-state index in [0.29, 0.717) is 6.04 Å². The zero-order valence-electron chi connectivity index (χ0n) is 10.8. The molecule has 1 rings (SSSR count). The van der Waals surface area contributed by atoms with Gasteiger partial charge in [0.15, 0.2) is 0 Å². The molecule has 0 radical (unpaired) electrons. The monoisotopic (exact) mass is 229 g/mol. The van der Waals surface area contributed by atoms with Crippen molar-refractivity contribution in [3.8, 4) is 0 Å². The zero-order chi connectivity index (χ0) is 11.6. The predicted molar refractivity (Wildman–Crippen MR) is 66.7 cm³/mol. The van der Waals surface area contributed by atoms with Crippen molar-refractivity contribution in [3.05, 3.63) is 0 Å². The molecular formula is C13H27NO2. The number of hydrogen-bond donors (Lipinski definition) is 1. The van der Waals surface area contributed by atoms with Crippen LogP contribution in [-0.2, 0) is 9.47 Å². The van der Waals surface area contributed by atoms with Gasteiger partial charge in [-0.05, 0) is 25.7 Å². The predicted octanol–water partition coefficient (Wildman–Crippen LogP) is 2.21. The average Bonchev–Trinajstić information content (AvgIpc) is 2.30. The fraction of sp³-hybridized carbons (Fsp3) is 1.00. The van der Waals surface area contributed by atoms with Crippen LogP contribution in [-0.4, -0.2) is 39.5 Å². The summed E-state index contributed by atoms with van der Waals surface area (Å²) >= 11 is 0. The Kier molecular flexibility index (Phi) is 7.81. The Labute approximate surface area is 99.9 Å². The Morgan fingerprint density at radius 2 is 2.00 bits per heavy atom. The molecule has 1 aliphatic rings. The van der Waals surface area contributed by atoms with Crippen LogP contribution in [0.1, 0.15) is 39.0 Å². The molecule has 1 aliphatic carbocycles. The van der Waals surface area contributed by atoms with Gasteiger partial charge in [-0.1, -0.05) is 19.3 Å². The molecule has 0 spiro atoms. The maximum Gasteiger partial charge on any atom is 0.0613 e. The van der Waals surface area contributed by atoms with Crippen molar-refractivity contribution in [1.82, 2.24) is 5.32 Å². The fourth-order valence-corrected chi connectivity index (χ4v) is 2.29. The molecule has 1 unspecified atom stereocenters. The third-order valence-corrected chi connectivity index (χ3v) is 3.23. The Balaban J connectivity index is 1.87. The first kappa shape index (κ1) is 13.9. The van der Waals surface area contributed by atoms with E-state index in [1.54, 1.807) is 7.11 Å². The van der Waals surface area contributed by atoms with Gasteiger partial charge in [-0.2, -0.15) is 0 Å². The molecule has 1 atom stereocenters. The Morgan fingerprint density at radius 1 is 1.25 bits per heavy atom. The van der Waals surface area contributed by atoms with Crippen LogP contribution in [0.15, 0.2) is 0 Å². The number of nitrogens with one attached hydrogen (secondary N) is 1. The number of hydrogen-bond acceptors (Lipinski definition) is 3. The van der Waals surface area contributed by atoms with Crippen molar-refractivity contribution in [2.24, 2.45) is 5.92 Å². The first-order valence-corrected chi connectivity index (χ1v) is 6.63. The van der Waals surface area contributed by atoms with Crippen molar-refractivity contribution < 1.29 is 9.47 Å². The summed E-state index contributed by atoms with van der Waals surface area (Å²) in [5, 5.41) is 3.37. The molecule has 1 N–H and O–H groups in total. The summed E-state index contributed by atoms with van der Waals surface area (Å²) in [6, 6.07) is 0.420. The molecule has 1 fully saturated rings. The third-order valence-electron chi connectivity index (χ3n) is 3.23. The molecule has 96 valence electrons. The molecule has 0 aromatic carbocycles. The lowest BCUT2D eigenvalue weighted by Crippen LogP contribution is -2.33. The third kappa shape index (κ3) is 6.46. The van der Waals surface area contributed by atoms with E-state index in [1.165, 1.54) is 32.1 Å².